The molecule has 34 heavy (non-hydrogen) atoms. The molecule has 0 amide bonds. The molecule has 0 aliphatic rings. The van der Waals surface area contributed by atoms with E-state index in [9.17, 15) is 9.59 Å². The standard InChI is InChI=1S/C24H34O8S2/c1-5-23(25)31-21(17-33-12-10-27-3)15-29-19-8-7-9-20(14-19)30-16-22(32-24(26)6-2)18-34-13-11-28-4/h5-9,14,21-22H,1-2,10-13,15-18H2,3-4H3. The number of hydrogen-bond acceptors (Lipinski definition) is 10. The number of ether oxygens (including phenoxy) is 6. The zero-order valence-corrected chi connectivity index (χ0v) is 21.4. The molecule has 1 rings (SSSR count). The molecule has 190 valence electrons. The molecule has 0 saturated heterocycles. The molecule has 0 N–H and O–H groups in total. The number of carbonyl (C=O) groups is 2. The van der Waals surface area contributed by atoms with Crippen molar-refractivity contribution in [3.63, 3.8) is 0 Å². The van der Waals surface area contributed by atoms with Crippen LogP contribution < -0.4 is 9.47 Å². The van der Waals surface area contributed by atoms with Crippen molar-refractivity contribution in [2.75, 3.05) is 63.7 Å². The Bertz CT molecular complexity index is 686. The first-order chi connectivity index (χ1) is 16.5. The summed E-state index contributed by atoms with van der Waals surface area (Å²) >= 11 is 3.21. The monoisotopic (exact) mass is 514 g/mol. The van der Waals surface area contributed by atoms with Gasteiger partial charge in [0.15, 0.2) is 0 Å². The van der Waals surface area contributed by atoms with Gasteiger partial charge in [-0.15, -0.1) is 0 Å². The maximum atomic E-state index is 11.6. The Morgan fingerprint density at radius 1 is 0.853 bits per heavy atom. The highest BCUT2D eigenvalue weighted by atomic mass is 32.2. The van der Waals surface area contributed by atoms with E-state index in [1.54, 1.807) is 62.0 Å². The van der Waals surface area contributed by atoms with Crippen molar-refractivity contribution < 1.29 is 38.0 Å². The number of methoxy groups -OCH3 is 2. The Morgan fingerprint density at radius 2 is 1.29 bits per heavy atom. The predicted molar refractivity (Wildman–Crippen MR) is 136 cm³/mol. The Hall–Kier alpha value is -2.14. The van der Waals surface area contributed by atoms with Gasteiger partial charge in [-0.3, -0.25) is 0 Å². The van der Waals surface area contributed by atoms with Crippen LogP contribution in [0.25, 0.3) is 0 Å². The Balaban J connectivity index is 2.63. The lowest BCUT2D eigenvalue weighted by Crippen LogP contribution is -2.27. The van der Waals surface area contributed by atoms with E-state index >= 15 is 0 Å². The van der Waals surface area contributed by atoms with Crippen LogP contribution >= 0.6 is 23.5 Å². The first-order valence-electron chi connectivity index (χ1n) is 10.7. The number of rotatable bonds is 20. The molecule has 0 radical (unpaired) electrons. The van der Waals surface area contributed by atoms with Gasteiger partial charge in [0.2, 0.25) is 0 Å². The summed E-state index contributed by atoms with van der Waals surface area (Å²) in [6.07, 6.45) is 1.38. The summed E-state index contributed by atoms with van der Waals surface area (Å²) in [5.74, 6) is 2.82. The van der Waals surface area contributed by atoms with Crippen LogP contribution in [0.5, 0.6) is 11.5 Å². The Morgan fingerprint density at radius 3 is 1.68 bits per heavy atom. The van der Waals surface area contributed by atoms with Gasteiger partial charge in [-0.05, 0) is 12.1 Å². The zero-order valence-electron chi connectivity index (χ0n) is 19.8. The summed E-state index contributed by atoms with van der Waals surface area (Å²) in [6.45, 7) is 8.45. The van der Waals surface area contributed by atoms with Gasteiger partial charge in [-0.1, -0.05) is 19.2 Å². The van der Waals surface area contributed by atoms with Crippen molar-refractivity contribution in [2.45, 2.75) is 12.2 Å². The third kappa shape index (κ3) is 14.2. The van der Waals surface area contributed by atoms with Crippen molar-refractivity contribution >= 4 is 35.5 Å². The SMILES string of the molecule is C=CC(=O)OC(COc1cccc(OCC(CSCCOC)OC(=O)C=C)c1)CSCCOC. The van der Waals surface area contributed by atoms with Gasteiger partial charge >= 0.3 is 11.9 Å². The second-order valence-corrected chi connectivity index (χ2v) is 9.06. The van der Waals surface area contributed by atoms with Gasteiger partial charge in [0.1, 0.15) is 36.9 Å². The lowest BCUT2D eigenvalue weighted by atomic mass is 10.3. The highest BCUT2D eigenvalue weighted by Gasteiger charge is 2.16. The van der Waals surface area contributed by atoms with Crippen LogP contribution in [0.4, 0.5) is 0 Å². The molecule has 2 atom stereocenters. The summed E-state index contributed by atoms with van der Waals surface area (Å²) in [5.41, 5.74) is 0. The van der Waals surface area contributed by atoms with Gasteiger partial charge in [0.05, 0.1) is 13.2 Å². The molecule has 0 aliphatic carbocycles. The minimum atomic E-state index is -0.499. The van der Waals surface area contributed by atoms with Crippen molar-refractivity contribution in [1.82, 2.24) is 0 Å². The number of thioether (sulfide) groups is 2. The van der Waals surface area contributed by atoms with Crippen LogP contribution in [0.2, 0.25) is 0 Å². The van der Waals surface area contributed by atoms with Crippen molar-refractivity contribution in [2.24, 2.45) is 0 Å². The smallest absolute Gasteiger partial charge is 0.330 e. The second kappa shape index (κ2) is 19.2. The molecule has 0 aliphatic heterocycles. The van der Waals surface area contributed by atoms with E-state index < -0.39 is 24.1 Å². The highest BCUT2D eigenvalue weighted by Crippen LogP contribution is 2.21. The fourth-order valence-corrected chi connectivity index (χ4v) is 4.16. The third-order valence-corrected chi connectivity index (χ3v) is 6.17. The summed E-state index contributed by atoms with van der Waals surface area (Å²) < 4.78 is 32.5. The van der Waals surface area contributed by atoms with Crippen molar-refractivity contribution in [1.29, 1.82) is 0 Å². The van der Waals surface area contributed by atoms with Crippen molar-refractivity contribution in [3.05, 3.63) is 49.6 Å². The number of benzene rings is 1. The average Bonchev–Trinajstić information content (AvgIpc) is 2.85. The van der Waals surface area contributed by atoms with Crippen molar-refractivity contribution in [3.8, 4) is 11.5 Å². The molecular weight excluding hydrogens is 480 g/mol. The molecule has 0 aromatic heterocycles. The topological polar surface area (TPSA) is 89.5 Å². The first-order valence-corrected chi connectivity index (χ1v) is 13.0. The molecular formula is C24H34O8S2. The quantitative estimate of drug-likeness (QED) is 0.147. The van der Waals surface area contributed by atoms with E-state index in [-0.39, 0.29) is 13.2 Å². The van der Waals surface area contributed by atoms with Crippen LogP contribution in [0.1, 0.15) is 0 Å². The Kier molecular flexibility index (Phi) is 16.9. The molecule has 8 nitrogen and oxygen atoms in total. The van der Waals surface area contributed by atoms with E-state index in [0.717, 1.165) is 23.7 Å². The van der Waals surface area contributed by atoms with Crippen LogP contribution in [-0.2, 0) is 28.5 Å². The minimum Gasteiger partial charge on any atom is -0.490 e. The molecule has 0 fully saturated rings. The molecule has 0 heterocycles. The van der Waals surface area contributed by atoms with E-state index in [1.165, 1.54) is 0 Å². The van der Waals surface area contributed by atoms with Gasteiger partial charge in [-0.2, -0.15) is 23.5 Å². The summed E-state index contributed by atoms with van der Waals surface area (Å²) in [5, 5.41) is 0. The van der Waals surface area contributed by atoms with E-state index in [2.05, 4.69) is 13.2 Å². The van der Waals surface area contributed by atoms with E-state index in [4.69, 9.17) is 28.4 Å². The Labute approximate surface area is 210 Å². The molecule has 2 unspecified atom stereocenters. The molecule has 1 aromatic carbocycles. The predicted octanol–water partition coefficient (Wildman–Crippen LogP) is 3.40. The lowest BCUT2D eigenvalue weighted by Gasteiger charge is -2.19. The van der Waals surface area contributed by atoms with Gasteiger partial charge in [0, 0.05) is 55.4 Å². The largest absolute Gasteiger partial charge is 0.490 e. The molecule has 0 spiro atoms. The van der Waals surface area contributed by atoms with Gasteiger partial charge < -0.3 is 28.4 Å². The molecule has 1 aromatic rings. The van der Waals surface area contributed by atoms with E-state index in [1.807, 2.05) is 0 Å². The third-order valence-electron chi connectivity index (χ3n) is 4.05. The number of carbonyl (C=O) groups excluding carboxylic acids is 2. The highest BCUT2D eigenvalue weighted by molar-refractivity contribution is 7.99. The van der Waals surface area contributed by atoms with Crippen LogP contribution in [-0.4, -0.2) is 87.8 Å². The lowest BCUT2D eigenvalue weighted by molar-refractivity contribution is -0.144. The van der Waals surface area contributed by atoms with Crippen LogP contribution in [0.15, 0.2) is 49.6 Å². The molecule has 0 saturated carbocycles. The normalized spacial score (nSPS) is 12.3. The zero-order chi connectivity index (χ0) is 25.0. The van der Waals surface area contributed by atoms with Gasteiger partial charge in [-0.25, -0.2) is 9.59 Å². The number of hydrogen-bond donors (Lipinski definition) is 0. The molecule has 10 heteroatoms. The maximum absolute atomic E-state index is 11.6. The fraction of sp³-hybridized carbons (Fsp3) is 0.500. The van der Waals surface area contributed by atoms with Crippen LogP contribution in [0.3, 0.4) is 0 Å². The second-order valence-electron chi connectivity index (χ2n) is 6.76. The summed E-state index contributed by atoms with van der Waals surface area (Å²) in [7, 11) is 3.28. The first kappa shape index (κ1) is 29.9. The fourth-order valence-electron chi connectivity index (χ4n) is 2.40. The number of esters is 2. The average molecular weight is 515 g/mol. The van der Waals surface area contributed by atoms with E-state index in [0.29, 0.717) is 36.2 Å². The van der Waals surface area contributed by atoms with Crippen LogP contribution in [0, 0.1) is 0 Å². The molecule has 0 bridgehead atoms. The summed E-state index contributed by atoms with van der Waals surface area (Å²) in [6, 6.07) is 7.09. The van der Waals surface area contributed by atoms with Gasteiger partial charge in [0.25, 0.3) is 0 Å². The summed E-state index contributed by atoms with van der Waals surface area (Å²) in [4.78, 5) is 23.3. The minimum absolute atomic E-state index is 0.179. The maximum Gasteiger partial charge on any atom is 0.330 e.